The molecule has 1 spiro atoms. The number of fused-ring (bicyclic) bond motifs is 2. The molecule has 4 aliphatic rings. The molecule has 2 atom stereocenters. The van der Waals surface area contributed by atoms with Gasteiger partial charge in [-0.15, -0.1) is 0 Å². The molecular weight excluding hydrogens is 701 g/mol. The van der Waals surface area contributed by atoms with Crippen molar-refractivity contribution in [2.24, 2.45) is 17.8 Å². The first kappa shape index (κ1) is 36.1. The van der Waals surface area contributed by atoms with Crippen molar-refractivity contribution in [2.45, 2.75) is 101 Å². The van der Waals surface area contributed by atoms with Crippen LogP contribution in [0.3, 0.4) is 0 Å². The summed E-state index contributed by atoms with van der Waals surface area (Å²) in [5.74, 6) is 1.25. The van der Waals surface area contributed by atoms with Crippen molar-refractivity contribution in [3.8, 4) is 0 Å². The molecule has 1 aliphatic carbocycles. The molecule has 0 radical (unpaired) electrons. The Hall–Kier alpha value is -2.67. The van der Waals surface area contributed by atoms with Crippen molar-refractivity contribution in [3.05, 3.63) is 57.6 Å². The molecule has 8 nitrogen and oxygen atoms in total. The van der Waals surface area contributed by atoms with E-state index in [1.165, 1.54) is 11.6 Å². The Kier molecular flexibility index (Phi) is 11.3. The molecule has 1 saturated carbocycles. The van der Waals surface area contributed by atoms with Gasteiger partial charge in [0, 0.05) is 41.5 Å². The number of amides is 2. The van der Waals surface area contributed by atoms with E-state index in [0.717, 1.165) is 76.2 Å². The van der Waals surface area contributed by atoms with Crippen LogP contribution in [-0.2, 0) is 32.3 Å². The Balaban J connectivity index is 1.10. The number of carbonyl (C=O) groups is 2. The van der Waals surface area contributed by atoms with E-state index in [-0.39, 0.29) is 33.7 Å². The zero-order chi connectivity index (χ0) is 34.8. The molecule has 2 aromatic rings. The van der Waals surface area contributed by atoms with Gasteiger partial charge in [-0.1, -0.05) is 18.2 Å². The highest BCUT2D eigenvalue weighted by atomic mass is 79.9. The topological polar surface area (TPSA) is 117 Å². The van der Waals surface area contributed by atoms with Gasteiger partial charge in [0.05, 0.1) is 11.3 Å². The molecule has 0 bridgehead atoms. The summed E-state index contributed by atoms with van der Waals surface area (Å²) in [5.41, 5.74) is 6.53. The number of nitrogens with zero attached hydrogens (tertiary/aromatic N) is 1. The molecule has 2 aromatic carbocycles. The lowest BCUT2D eigenvalue weighted by Crippen LogP contribution is -2.48. The number of ether oxygens (including phenoxy) is 1. The predicted octanol–water partition coefficient (Wildman–Crippen LogP) is 6.79. The number of anilines is 2. The van der Waals surface area contributed by atoms with Crippen LogP contribution in [0.1, 0.15) is 87.3 Å². The number of para-hydroxylation sites is 1. The number of aliphatic hydroxyl groups excluding tert-OH is 1. The summed E-state index contributed by atoms with van der Waals surface area (Å²) < 4.78 is 47.6. The van der Waals surface area contributed by atoms with Gasteiger partial charge < -0.3 is 31.1 Å². The largest absolute Gasteiger partial charge is 0.418 e. The molecule has 1 unspecified atom stereocenters. The van der Waals surface area contributed by atoms with E-state index in [1.807, 2.05) is 18.2 Å². The van der Waals surface area contributed by atoms with Crippen LogP contribution in [0.25, 0.3) is 0 Å². The van der Waals surface area contributed by atoms with Crippen molar-refractivity contribution >= 4 is 39.1 Å². The predicted molar refractivity (Wildman–Crippen MR) is 186 cm³/mol. The average Bonchev–Trinajstić information content (AvgIpc) is 3.09. The van der Waals surface area contributed by atoms with Crippen LogP contribution < -0.4 is 16.4 Å². The van der Waals surface area contributed by atoms with E-state index in [4.69, 9.17) is 10.5 Å². The van der Waals surface area contributed by atoms with Gasteiger partial charge in [0.15, 0.2) is 6.29 Å². The molecule has 268 valence electrons. The number of carbonyl (C=O) groups excluding carboxylic acids is 2. The van der Waals surface area contributed by atoms with Crippen LogP contribution in [0.2, 0.25) is 0 Å². The van der Waals surface area contributed by atoms with Crippen molar-refractivity contribution < 1.29 is 32.6 Å². The zero-order valence-corrected chi connectivity index (χ0v) is 29.5. The minimum absolute atomic E-state index is 0.0441. The fourth-order valence-electron chi connectivity index (χ4n) is 8.80. The maximum Gasteiger partial charge on any atom is 0.418 e. The normalized spacial score (nSPS) is 25.1. The Bertz CT molecular complexity index is 1480. The highest BCUT2D eigenvalue weighted by molar-refractivity contribution is 9.10. The lowest BCUT2D eigenvalue weighted by Gasteiger charge is -2.44. The number of likely N-dealkylation sites (tertiary alicyclic amines) is 1. The number of nitrogens with one attached hydrogen (secondary N) is 2. The molecule has 3 heterocycles. The molecule has 49 heavy (non-hydrogen) atoms. The fourth-order valence-corrected chi connectivity index (χ4v) is 9.30. The quantitative estimate of drug-likeness (QED) is 0.166. The zero-order valence-electron chi connectivity index (χ0n) is 27.9. The first-order chi connectivity index (χ1) is 23.4. The summed E-state index contributed by atoms with van der Waals surface area (Å²) in [6.45, 7) is 3.16. The van der Waals surface area contributed by atoms with Gasteiger partial charge in [-0.25, -0.2) is 0 Å². The third kappa shape index (κ3) is 8.45. The minimum atomic E-state index is -4.67. The summed E-state index contributed by atoms with van der Waals surface area (Å²) >= 11 is 3.16. The van der Waals surface area contributed by atoms with E-state index < -0.39 is 29.8 Å². The van der Waals surface area contributed by atoms with Crippen molar-refractivity contribution in [1.29, 1.82) is 0 Å². The third-order valence-corrected chi connectivity index (χ3v) is 12.2. The maximum absolute atomic E-state index is 13.9. The first-order valence-electron chi connectivity index (χ1n) is 17.8. The van der Waals surface area contributed by atoms with Crippen LogP contribution in [-0.4, -0.2) is 60.4 Å². The van der Waals surface area contributed by atoms with E-state index in [9.17, 15) is 27.9 Å². The van der Waals surface area contributed by atoms with E-state index in [2.05, 4.69) is 32.6 Å². The van der Waals surface area contributed by atoms with Crippen LogP contribution in [0.5, 0.6) is 0 Å². The standard InChI is InChI=1S/C37H48BrF3N4O4/c38-29-20-24(19-28(34(29)42)37(39,40)41)21-31(35(48)45-17-11-26(12-18-45)25-9-15-43-16-10-25)49-33(47)6-5-23-7-13-36(14-8-23)22-32(46)44-30-4-2-1-3-27(30)36/h1-4,19-20,23,25-26,31,33,43,47H,5-18,21-22,42H2,(H,44,46)/t23?,31-,33?,36?/m1/s1. The van der Waals surface area contributed by atoms with Crippen molar-refractivity contribution in [1.82, 2.24) is 10.2 Å². The van der Waals surface area contributed by atoms with Gasteiger partial charge in [-0.3, -0.25) is 9.59 Å². The molecule has 3 fully saturated rings. The number of benzene rings is 2. The van der Waals surface area contributed by atoms with Gasteiger partial charge >= 0.3 is 6.18 Å². The van der Waals surface area contributed by atoms with Gasteiger partial charge in [0.2, 0.25) is 5.91 Å². The second kappa shape index (κ2) is 15.3. The van der Waals surface area contributed by atoms with Gasteiger partial charge in [-0.05, 0) is 140 Å². The summed E-state index contributed by atoms with van der Waals surface area (Å²) in [7, 11) is 0. The van der Waals surface area contributed by atoms with Gasteiger partial charge in [0.25, 0.3) is 5.91 Å². The number of hydrogen-bond donors (Lipinski definition) is 4. The molecule has 3 aliphatic heterocycles. The molecule has 0 aromatic heterocycles. The SMILES string of the molecule is Nc1c(Br)cc(C[C@@H](OC(O)CCC2CCC3(CC2)CC(=O)Nc2ccccc23)C(=O)N2CCC(C3CCNCC3)CC2)cc1C(F)(F)F. The number of hydrogen-bond acceptors (Lipinski definition) is 6. The van der Waals surface area contributed by atoms with Crippen molar-refractivity contribution in [2.75, 3.05) is 37.2 Å². The minimum Gasteiger partial charge on any atom is -0.397 e. The van der Waals surface area contributed by atoms with E-state index >= 15 is 0 Å². The van der Waals surface area contributed by atoms with E-state index in [1.54, 1.807) is 4.90 Å². The second-order valence-corrected chi connectivity index (χ2v) is 15.5. The molecular formula is C37H48BrF3N4O4. The number of nitrogen functional groups attached to an aromatic ring is 1. The number of piperidine rings is 2. The highest BCUT2D eigenvalue weighted by Gasteiger charge is 2.43. The van der Waals surface area contributed by atoms with Crippen LogP contribution in [0, 0.1) is 17.8 Å². The highest BCUT2D eigenvalue weighted by Crippen LogP contribution is 2.49. The lowest BCUT2D eigenvalue weighted by atomic mass is 9.63. The Morgan fingerprint density at radius 3 is 2.43 bits per heavy atom. The summed E-state index contributed by atoms with van der Waals surface area (Å²) in [5, 5.41) is 17.5. The Morgan fingerprint density at radius 2 is 1.73 bits per heavy atom. The molecule has 2 saturated heterocycles. The number of aliphatic hydroxyl groups is 1. The molecule has 5 N–H and O–H groups in total. The van der Waals surface area contributed by atoms with Crippen LogP contribution >= 0.6 is 15.9 Å². The second-order valence-electron chi connectivity index (χ2n) is 14.6. The lowest BCUT2D eigenvalue weighted by molar-refractivity contribution is -0.172. The summed E-state index contributed by atoms with van der Waals surface area (Å²) in [6, 6.07) is 10.5. The fraction of sp³-hybridized carbons (Fsp3) is 0.622. The number of alkyl halides is 3. The first-order valence-corrected chi connectivity index (χ1v) is 18.6. The number of rotatable bonds is 9. The molecule has 2 amide bonds. The smallest absolute Gasteiger partial charge is 0.397 e. The summed E-state index contributed by atoms with van der Waals surface area (Å²) in [6.07, 6.45) is 1.86. The maximum atomic E-state index is 13.9. The van der Waals surface area contributed by atoms with Gasteiger partial charge in [0.1, 0.15) is 6.10 Å². The van der Waals surface area contributed by atoms with Gasteiger partial charge in [-0.2, -0.15) is 13.2 Å². The van der Waals surface area contributed by atoms with Crippen LogP contribution in [0.15, 0.2) is 40.9 Å². The number of halogens is 4. The third-order valence-electron chi connectivity index (χ3n) is 11.6. The Labute approximate surface area is 294 Å². The Morgan fingerprint density at radius 1 is 1.06 bits per heavy atom. The monoisotopic (exact) mass is 748 g/mol. The summed E-state index contributed by atoms with van der Waals surface area (Å²) in [4.78, 5) is 28.2. The van der Waals surface area contributed by atoms with E-state index in [0.29, 0.717) is 50.1 Å². The average molecular weight is 750 g/mol. The molecule has 6 rings (SSSR count). The van der Waals surface area contributed by atoms with Crippen LogP contribution in [0.4, 0.5) is 24.5 Å². The molecule has 12 heteroatoms. The number of nitrogens with two attached hydrogens (primary N) is 1. The van der Waals surface area contributed by atoms with Crippen molar-refractivity contribution in [3.63, 3.8) is 0 Å².